The van der Waals surface area contributed by atoms with Gasteiger partial charge < -0.3 is 39.2 Å². The molecule has 0 radical (unpaired) electrons. The molecule has 0 saturated carbocycles. The molecule has 224 valence electrons. The summed E-state index contributed by atoms with van der Waals surface area (Å²) in [6.45, 7) is 1.88. The second-order valence-corrected chi connectivity index (χ2v) is 10.5. The molecule has 11 nitrogen and oxygen atoms in total. The van der Waals surface area contributed by atoms with Gasteiger partial charge in [0.25, 0.3) is 5.91 Å². The van der Waals surface area contributed by atoms with Crippen LogP contribution in [-0.2, 0) is 28.5 Å². The summed E-state index contributed by atoms with van der Waals surface area (Å²) in [5.74, 6) is -0.697. The normalized spacial score (nSPS) is 21.5. The molecule has 2 N–H and O–H groups in total. The van der Waals surface area contributed by atoms with Gasteiger partial charge in [-0.25, -0.2) is 4.79 Å². The molecule has 0 bridgehead atoms. The number of hydrogen-bond acceptors (Lipinski definition) is 9. The standard InChI is InChI=1S/C31H37N3O8/c1-39-29(37)23-9-7-22(8-10-23)24-19-26(42-27(20-24)41-18-17-40-16-15-35)28(36)33-13-11-31(12-14-33)30(38)32-21-34(31)25-5-3-2-4-6-25/h2-10,19,24,27,35H,11-18,20-21H2,1H3,(H,32,38). The first-order chi connectivity index (χ1) is 20.4. The number of anilines is 1. The highest BCUT2D eigenvalue weighted by molar-refractivity contribution is 5.95. The number of ether oxygens (including phenoxy) is 4. The van der Waals surface area contributed by atoms with Gasteiger partial charge in [-0.15, -0.1) is 0 Å². The predicted molar refractivity (Wildman–Crippen MR) is 152 cm³/mol. The lowest BCUT2D eigenvalue weighted by Crippen LogP contribution is -2.57. The molecule has 2 saturated heterocycles. The van der Waals surface area contributed by atoms with E-state index in [-0.39, 0.29) is 49.9 Å². The number of methoxy groups -OCH3 is 1. The lowest BCUT2D eigenvalue weighted by molar-refractivity contribution is -0.157. The number of rotatable bonds is 10. The summed E-state index contributed by atoms with van der Waals surface area (Å²) in [7, 11) is 1.34. The monoisotopic (exact) mass is 579 g/mol. The third-order valence-corrected chi connectivity index (χ3v) is 8.08. The number of amides is 2. The summed E-state index contributed by atoms with van der Waals surface area (Å²) < 4.78 is 22.1. The Kier molecular flexibility index (Phi) is 9.41. The summed E-state index contributed by atoms with van der Waals surface area (Å²) in [5.41, 5.74) is 1.60. The van der Waals surface area contributed by atoms with Crippen LogP contribution in [0.2, 0.25) is 0 Å². The smallest absolute Gasteiger partial charge is 0.337 e. The van der Waals surface area contributed by atoms with E-state index in [4.69, 9.17) is 24.1 Å². The van der Waals surface area contributed by atoms with Gasteiger partial charge in [0, 0.05) is 31.1 Å². The Hall–Kier alpha value is -3.93. The third kappa shape index (κ3) is 6.28. The molecular formula is C31H37N3O8. The van der Waals surface area contributed by atoms with E-state index in [0.29, 0.717) is 44.6 Å². The average Bonchev–Trinajstić information content (AvgIpc) is 3.35. The van der Waals surface area contributed by atoms with Crippen LogP contribution in [0, 0.1) is 0 Å². The van der Waals surface area contributed by atoms with Gasteiger partial charge in [0.05, 0.1) is 45.8 Å². The van der Waals surface area contributed by atoms with Crippen LogP contribution in [0.3, 0.4) is 0 Å². The molecule has 2 aromatic rings. The molecule has 2 amide bonds. The quantitative estimate of drug-likeness (QED) is 0.322. The molecule has 2 atom stereocenters. The number of benzene rings is 2. The summed E-state index contributed by atoms with van der Waals surface area (Å²) in [6.07, 6.45) is 2.56. The van der Waals surface area contributed by atoms with E-state index in [2.05, 4.69) is 10.2 Å². The zero-order valence-corrected chi connectivity index (χ0v) is 23.7. The first-order valence-electron chi connectivity index (χ1n) is 14.2. The largest absolute Gasteiger partial charge is 0.465 e. The first kappa shape index (κ1) is 29.6. The first-order valence-corrected chi connectivity index (χ1v) is 14.2. The molecule has 3 aliphatic rings. The summed E-state index contributed by atoms with van der Waals surface area (Å²) >= 11 is 0. The fourth-order valence-electron chi connectivity index (χ4n) is 5.80. The van der Waals surface area contributed by atoms with Crippen LogP contribution in [0.4, 0.5) is 5.69 Å². The lowest BCUT2D eigenvalue weighted by Gasteiger charge is -2.43. The van der Waals surface area contributed by atoms with Crippen molar-refractivity contribution in [1.29, 1.82) is 0 Å². The van der Waals surface area contributed by atoms with Gasteiger partial charge in [-0.3, -0.25) is 9.59 Å². The van der Waals surface area contributed by atoms with Crippen LogP contribution in [0.1, 0.15) is 41.1 Å². The maximum absolute atomic E-state index is 13.8. The second-order valence-electron chi connectivity index (χ2n) is 10.5. The van der Waals surface area contributed by atoms with Crippen molar-refractivity contribution in [1.82, 2.24) is 10.2 Å². The molecule has 2 unspecified atom stereocenters. The minimum Gasteiger partial charge on any atom is -0.465 e. The zero-order valence-electron chi connectivity index (χ0n) is 23.7. The Balaban J connectivity index is 1.30. The predicted octanol–water partition coefficient (Wildman–Crippen LogP) is 2.17. The molecule has 11 heteroatoms. The number of carbonyl (C=O) groups is 3. The van der Waals surface area contributed by atoms with Crippen molar-refractivity contribution in [2.75, 3.05) is 58.2 Å². The van der Waals surface area contributed by atoms with Gasteiger partial charge in [-0.2, -0.15) is 0 Å². The maximum Gasteiger partial charge on any atom is 0.337 e. The molecule has 42 heavy (non-hydrogen) atoms. The minimum absolute atomic E-state index is 0.0149. The molecule has 2 fully saturated rings. The van der Waals surface area contributed by atoms with E-state index in [1.165, 1.54) is 7.11 Å². The van der Waals surface area contributed by atoms with Crippen LogP contribution in [-0.4, -0.2) is 92.9 Å². The molecule has 2 aromatic carbocycles. The van der Waals surface area contributed by atoms with Gasteiger partial charge in [-0.1, -0.05) is 30.3 Å². The number of nitrogens with zero attached hydrogens (tertiary/aromatic N) is 2. The minimum atomic E-state index is -0.704. The van der Waals surface area contributed by atoms with Crippen LogP contribution in [0.15, 0.2) is 66.4 Å². The Morgan fingerprint density at radius 2 is 1.79 bits per heavy atom. The molecule has 3 heterocycles. The van der Waals surface area contributed by atoms with Crippen LogP contribution < -0.4 is 10.2 Å². The molecule has 3 aliphatic heterocycles. The number of hydrogen-bond donors (Lipinski definition) is 2. The Morgan fingerprint density at radius 1 is 1.05 bits per heavy atom. The molecular weight excluding hydrogens is 542 g/mol. The van der Waals surface area contributed by atoms with Crippen molar-refractivity contribution >= 4 is 23.5 Å². The Morgan fingerprint density at radius 3 is 2.48 bits per heavy atom. The second kappa shape index (κ2) is 13.4. The summed E-state index contributed by atoms with van der Waals surface area (Å²) in [4.78, 5) is 42.5. The number of para-hydroxylation sites is 1. The van der Waals surface area contributed by atoms with E-state index >= 15 is 0 Å². The van der Waals surface area contributed by atoms with Gasteiger partial charge in [0.15, 0.2) is 5.76 Å². The van der Waals surface area contributed by atoms with Crippen molar-refractivity contribution in [3.05, 3.63) is 77.6 Å². The van der Waals surface area contributed by atoms with E-state index in [1.54, 1.807) is 23.1 Å². The number of nitrogens with one attached hydrogen (secondary N) is 1. The van der Waals surface area contributed by atoms with Crippen LogP contribution >= 0.6 is 0 Å². The van der Waals surface area contributed by atoms with E-state index < -0.39 is 17.8 Å². The number of aliphatic hydroxyl groups excluding tert-OH is 1. The number of carbonyl (C=O) groups excluding carboxylic acids is 3. The summed E-state index contributed by atoms with van der Waals surface area (Å²) in [5, 5.41) is 11.9. The number of aliphatic hydroxyl groups is 1. The fraction of sp³-hybridized carbons (Fsp3) is 0.452. The Labute approximate surface area is 245 Å². The van der Waals surface area contributed by atoms with Crippen molar-refractivity contribution in [3.8, 4) is 0 Å². The number of piperidine rings is 1. The average molecular weight is 580 g/mol. The van der Waals surface area contributed by atoms with Gasteiger partial charge in [0.1, 0.15) is 5.54 Å². The van der Waals surface area contributed by atoms with Crippen LogP contribution in [0.5, 0.6) is 0 Å². The molecule has 0 aliphatic carbocycles. The zero-order chi connectivity index (χ0) is 29.5. The van der Waals surface area contributed by atoms with E-state index in [9.17, 15) is 14.4 Å². The molecule has 5 rings (SSSR count). The van der Waals surface area contributed by atoms with E-state index in [0.717, 1.165) is 11.3 Å². The highest BCUT2D eigenvalue weighted by Gasteiger charge is 2.51. The number of likely N-dealkylation sites (tertiary alicyclic amines) is 1. The number of allylic oxidation sites excluding steroid dienone is 1. The van der Waals surface area contributed by atoms with Crippen molar-refractivity contribution in [3.63, 3.8) is 0 Å². The maximum atomic E-state index is 13.8. The molecule has 1 spiro atoms. The fourth-order valence-corrected chi connectivity index (χ4v) is 5.80. The lowest BCUT2D eigenvalue weighted by atomic mass is 9.85. The van der Waals surface area contributed by atoms with Crippen molar-refractivity contribution in [2.24, 2.45) is 0 Å². The van der Waals surface area contributed by atoms with Crippen molar-refractivity contribution < 1.29 is 38.4 Å². The van der Waals surface area contributed by atoms with E-state index in [1.807, 2.05) is 42.5 Å². The number of esters is 1. The van der Waals surface area contributed by atoms with Gasteiger partial charge >= 0.3 is 5.97 Å². The topological polar surface area (TPSA) is 127 Å². The Bertz CT molecular complexity index is 1270. The van der Waals surface area contributed by atoms with Crippen LogP contribution in [0.25, 0.3) is 0 Å². The highest BCUT2D eigenvalue weighted by Crippen LogP contribution is 2.37. The van der Waals surface area contributed by atoms with Crippen molar-refractivity contribution in [2.45, 2.75) is 37.0 Å². The molecule has 0 aromatic heterocycles. The SMILES string of the molecule is COC(=O)c1ccc(C2C=C(C(=O)N3CCC4(CC3)C(=O)NCN4c3ccccc3)OC(OCCOCCO)C2)cc1. The van der Waals surface area contributed by atoms with Gasteiger partial charge in [-0.05, 0) is 48.7 Å². The third-order valence-electron chi connectivity index (χ3n) is 8.08. The highest BCUT2D eigenvalue weighted by atomic mass is 16.7. The summed E-state index contributed by atoms with van der Waals surface area (Å²) in [6, 6.07) is 16.9. The van der Waals surface area contributed by atoms with Gasteiger partial charge in [0.2, 0.25) is 12.2 Å².